The molecule has 2 amide bonds. The van der Waals surface area contributed by atoms with E-state index in [1.165, 1.54) is 11.3 Å². The molecule has 1 rings (SSSR count). The summed E-state index contributed by atoms with van der Waals surface area (Å²) >= 11 is 1.32. The first-order valence-corrected chi connectivity index (χ1v) is 4.18. The summed E-state index contributed by atoms with van der Waals surface area (Å²) in [5.74, 6) is -0.802. The van der Waals surface area contributed by atoms with Crippen molar-refractivity contribution in [3.8, 4) is 0 Å². The molecule has 0 saturated heterocycles. The third-order valence-corrected chi connectivity index (χ3v) is 2.04. The van der Waals surface area contributed by atoms with Gasteiger partial charge in [0.2, 0.25) is 5.91 Å². The van der Waals surface area contributed by atoms with Gasteiger partial charge in [-0.2, -0.15) is 0 Å². The van der Waals surface area contributed by atoms with E-state index in [4.69, 9.17) is 5.73 Å². The molecule has 5 heteroatoms. The van der Waals surface area contributed by atoms with E-state index in [-0.39, 0.29) is 12.5 Å². The highest BCUT2D eigenvalue weighted by molar-refractivity contribution is 7.12. The van der Waals surface area contributed by atoms with Crippen LogP contribution < -0.4 is 11.1 Å². The van der Waals surface area contributed by atoms with E-state index in [1.807, 2.05) is 0 Å². The number of primary amides is 1. The summed E-state index contributed by atoms with van der Waals surface area (Å²) in [5, 5.41) is 4.17. The van der Waals surface area contributed by atoms with Crippen LogP contribution in [-0.2, 0) is 4.79 Å². The average Bonchev–Trinajstić information content (AvgIpc) is 2.51. The number of amides is 2. The van der Waals surface area contributed by atoms with Crippen molar-refractivity contribution in [1.29, 1.82) is 0 Å². The minimum absolute atomic E-state index is 0.114. The maximum atomic E-state index is 11.1. The van der Waals surface area contributed by atoms with Crippen molar-refractivity contribution in [3.63, 3.8) is 0 Å². The molecular weight excluding hydrogens is 176 g/mol. The summed E-state index contributed by atoms with van der Waals surface area (Å²) in [4.78, 5) is 22.0. The van der Waals surface area contributed by atoms with Crippen LogP contribution in [0.2, 0.25) is 0 Å². The second-order valence-electron chi connectivity index (χ2n) is 2.13. The van der Waals surface area contributed by atoms with Crippen molar-refractivity contribution in [2.24, 2.45) is 5.73 Å². The Morgan fingerprint density at radius 2 is 2.33 bits per heavy atom. The summed E-state index contributed by atoms with van der Waals surface area (Å²) in [6, 6.07) is 3.45. The van der Waals surface area contributed by atoms with Crippen LogP contribution in [0.4, 0.5) is 0 Å². The van der Waals surface area contributed by atoms with Gasteiger partial charge in [0.05, 0.1) is 11.4 Å². The van der Waals surface area contributed by atoms with Crippen molar-refractivity contribution in [1.82, 2.24) is 5.32 Å². The molecule has 4 nitrogen and oxygen atoms in total. The fraction of sp³-hybridized carbons (Fsp3) is 0.143. The molecule has 3 N–H and O–H groups in total. The Labute approximate surface area is 73.4 Å². The van der Waals surface area contributed by atoms with Gasteiger partial charge >= 0.3 is 0 Å². The molecule has 12 heavy (non-hydrogen) atoms. The van der Waals surface area contributed by atoms with Crippen molar-refractivity contribution in [3.05, 3.63) is 22.4 Å². The number of thiophene rings is 1. The van der Waals surface area contributed by atoms with Crippen molar-refractivity contribution < 1.29 is 9.59 Å². The fourth-order valence-corrected chi connectivity index (χ4v) is 1.30. The second-order valence-corrected chi connectivity index (χ2v) is 3.07. The fourth-order valence-electron chi connectivity index (χ4n) is 0.662. The van der Waals surface area contributed by atoms with Gasteiger partial charge in [-0.05, 0) is 11.4 Å². The molecule has 0 aliphatic heterocycles. The highest BCUT2D eigenvalue weighted by atomic mass is 32.1. The van der Waals surface area contributed by atoms with Crippen molar-refractivity contribution >= 4 is 23.2 Å². The first-order valence-electron chi connectivity index (χ1n) is 3.30. The minimum Gasteiger partial charge on any atom is -0.368 e. The smallest absolute Gasteiger partial charge is 0.261 e. The molecule has 1 aromatic rings. The number of hydrogen-bond donors (Lipinski definition) is 2. The Balaban J connectivity index is 2.45. The number of nitrogens with one attached hydrogen (secondary N) is 1. The van der Waals surface area contributed by atoms with Crippen LogP contribution in [0.15, 0.2) is 17.5 Å². The first kappa shape index (κ1) is 8.73. The van der Waals surface area contributed by atoms with Gasteiger partial charge in [0.25, 0.3) is 5.91 Å². The molecule has 0 radical (unpaired) electrons. The molecule has 0 fully saturated rings. The number of carbonyl (C=O) groups excluding carboxylic acids is 2. The van der Waals surface area contributed by atoms with Gasteiger partial charge in [-0.1, -0.05) is 6.07 Å². The summed E-state index contributed by atoms with van der Waals surface area (Å²) in [6.45, 7) is -0.114. The Morgan fingerprint density at radius 1 is 1.58 bits per heavy atom. The molecule has 0 aliphatic rings. The zero-order chi connectivity index (χ0) is 8.97. The quantitative estimate of drug-likeness (QED) is 0.692. The number of nitrogens with two attached hydrogens (primary N) is 1. The van der Waals surface area contributed by atoms with Crippen molar-refractivity contribution in [2.75, 3.05) is 6.54 Å². The van der Waals surface area contributed by atoms with E-state index in [0.29, 0.717) is 4.88 Å². The van der Waals surface area contributed by atoms with Crippen LogP contribution in [0.5, 0.6) is 0 Å². The molecular formula is C7H8N2O2S. The maximum Gasteiger partial charge on any atom is 0.261 e. The lowest BCUT2D eigenvalue weighted by Crippen LogP contribution is -2.32. The normalized spacial score (nSPS) is 9.33. The van der Waals surface area contributed by atoms with Gasteiger partial charge in [0.1, 0.15) is 0 Å². The summed E-state index contributed by atoms with van der Waals surface area (Å²) in [5.41, 5.74) is 4.84. The predicted octanol–water partition coefficient (Wildman–Crippen LogP) is -0.0368. The van der Waals surface area contributed by atoms with E-state index < -0.39 is 5.91 Å². The van der Waals surface area contributed by atoms with Crippen LogP contribution in [-0.4, -0.2) is 18.4 Å². The van der Waals surface area contributed by atoms with Gasteiger partial charge in [0.15, 0.2) is 0 Å². The molecule has 1 aromatic heterocycles. The highest BCUT2D eigenvalue weighted by Crippen LogP contribution is 2.07. The monoisotopic (exact) mass is 184 g/mol. The molecule has 0 spiro atoms. The van der Waals surface area contributed by atoms with E-state index in [2.05, 4.69) is 5.32 Å². The molecule has 0 bridgehead atoms. The molecule has 0 unspecified atom stereocenters. The second kappa shape index (κ2) is 3.87. The first-order chi connectivity index (χ1) is 5.70. The standard InChI is InChI=1S/C7H8N2O2S/c8-6(10)4-9-7(11)5-2-1-3-12-5/h1-3H,4H2,(H2,8,10)(H,9,11). The van der Waals surface area contributed by atoms with Gasteiger partial charge < -0.3 is 11.1 Å². The number of rotatable bonds is 3. The summed E-state index contributed by atoms with van der Waals surface area (Å²) < 4.78 is 0. The maximum absolute atomic E-state index is 11.1. The molecule has 64 valence electrons. The molecule has 0 saturated carbocycles. The van der Waals surface area contributed by atoms with Gasteiger partial charge in [0, 0.05) is 0 Å². The topological polar surface area (TPSA) is 72.2 Å². The van der Waals surface area contributed by atoms with Crippen LogP contribution in [0.25, 0.3) is 0 Å². The van der Waals surface area contributed by atoms with E-state index >= 15 is 0 Å². The Morgan fingerprint density at radius 3 is 2.83 bits per heavy atom. The zero-order valence-electron chi connectivity index (χ0n) is 6.24. The largest absolute Gasteiger partial charge is 0.368 e. The van der Waals surface area contributed by atoms with Gasteiger partial charge in [-0.25, -0.2) is 0 Å². The Kier molecular flexibility index (Phi) is 2.82. The van der Waals surface area contributed by atoms with E-state index in [9.17, 15) is 9.59 Å². The van der Waals surface area contributed by atoms with Crippen molar-refractivity contribution in [2.45, 2.75) is 0 Å². The third-order valence-electron chi connectivity index (χ3n) is 1.17. The molecule has 0 atom stereocenters. The predicted molar refractivity (Wildman–Crippen MR) is 45.8 cm³/mol. The molecule has 0 aliphatic carbocycles. The van der Waals surface area contributed by atoms with E-state index in [1.54, 1.807) is 17.5 Å². The average molecular weight is 184 g/mol. The summed E-state index contributed by atoms with van der Waals surface area (Å²) in [7, 11) is 0. The lowest BCUT2D eigenvalue weighted by Gasteiger charge is -1.98. The lowest BCUT2D eigenvalue weighted by molar-refractivity contribution is -0.117. The van der Waals surface area contributed by atoms with Crippen LogP contribution >= 0.6 is 11.3 Å². The number of carbonyl (C=O) groups is 2. The SMILES string of the molecule is NC(=O)CNC(=O)c1cccs1. The van der Waals surface area contributed by atoms with Gasteiger partial charge in [-0.15, -0.1) is 11.3 Å². The summed E-state index contributed by atoms with van der Waals surface area (Å²) in [6.07, 6.45) is 0. The Bertz CT molecular complexity index is 282. The number of hydrogen-bond acceptors (Lipinski definition) is 3. The van der Waals surface area contributed by atoms with Crippen LogP contribution in [0.3, 0.4) is 0 Å². The zero-order valence-corrected chi connectivity index (χ0v) is 7.06. The van der Waals surface area contributed by atoms with Crippen LogP contribution in [0, 0.1) is 0 Å². The molecule has 0 aromatic carbocycles. The third kappa shape index (κ3) is 2.35. The van der Waals surface area contributed by atoms with E-state index in [0.717, 1.165) is 0 Å². The highest BCUT2D eigenvalue weighted by Gasteiger charge is 2.05. The molecule has 1 heterocycles. The van der Waals surface area contributed by atoms with Gasteiger partial charge in [-0.3, -0.25) is 9.59 Å². The Hall–Kier alpha value is -1.36. The minimum atomic E-state index is -0.542. The lowest BCUT2D eigenvalue weighted by atomic mass is 10.4. The van der Waals surface area contributed by atoms with Crippen LogP contribution in [0.1, 0.15) is 9.67 Å².